The van der Waals surface area contributed by atoms with Gasteiger partial charge in [0.05, 0.1) is 0 Å². The van der Waals surface area contributed by atoms with Crippen molar-refractivity contribution in [1.82, 2.24) is 20.2 Å². The van der Waals surface area contributed by atoms with E-state index >= 15 is 0 Å². The molecule has 1 saturated carbocycles. The van der Waals surface area contributed by atoms with Crippen molar-refractivity contribution >= 4 is 12.4 Å². The SMILES string of the molecule is Cl.Cn1nnnc1C1(CN)CC1. The number of nitrogens with two attached hydrogens (primary N) is 1. The van der Waals surface area contributed by atoms with E-state index in [1.807, 2.05) is 7.05 Å². The molecule has 5 nitrogen and oxygen atoms in total. The molecule has 0 spiro atoms. The molecular formula is C6H12ClN5. The van der Waals surface area contributed by atoms with E-state index in [9.17, 15) is 0 Å². The third-order valence-electron chi connectivity index (χ3n) is 2.34. The van der Waals surface area contributed by atoms with Crippen LogP contribution in [0.25, 0.3) is 0 Å². The van der Waals surface area contributed by atoms with E-state index in [0.29, 0.717) is 6.54 Å². The minimum Gasteiger partial charge on any atom is -0.329 e. The molecule has 12 heavy (non-hydrogen) atoms. The molecular weight excluding hydrogens is 178 g/mol. The lowest BCUT2D eigenvalue weighted by Crippen LogP contribution is -2.23. The van der Waals surface area contributed by atoms with E-state index in [0.717, 1.165) is 18.7 Å². The van der Waals surface area contributed by atoms with Crippen LogP contribution < -0.4 is 5.73 Å². The number of aryl methyl sites for hydroxylation is 1. The Balaban J connectivity index is 0.000000720. The van der Waals surface area contributed by atoms with Crippen LogP contribution >= 0.6 is 12.4 Å². The fourth-order valence-electron chi connectivity index (χ4n) is 1.35. The zero-order chi connectivity index (χ0) is 7.90. The largest absolute Gasteiger partial charge is 0.329 e. The summed E-state index contributed by atoms with van der Waals surface area (Å²) >= 11 is 0. The van der Waals surface area contributed by atoms with Gasteiger partial charge in [0, 0.05) is 19.0 Å². The average Bonchev–Trinajstić information content (AvgIpc) is 2.70. The van der Waals surface area contributed by atoms with Gasteiger partial charge in [-0.15, -0.1) is 17.5 Å². The van der Waals surface area contributed by atoms with Crippen LogP contribution in [-0.2, 0) is 12.5 Å². The summed E-state index contributed by atoms with van der Waals surface area (Å²) in [5.74, 6) is 0.931. The summed E-state index contributed by atoms with van der Waals surface area (Å²) in [4.78, 5) is 0. The van der Waals surface area contributed by atoms with Crippen LogP contribution in [0, 0.1) is 0 Å². The molecule has 68 valence electrons. The first-order valence-corrected chi connectivity index (χ1v) is 3.71. The standard InChI is InChI=1S/C6H11N5.ClH/c1-11-5(8-9-10-11)6(4-7)2-3-6;/h2-4,7H2,1H3;1H. The fraction of sp³-hybridized carbons (Fsp3) is 0.833. The van der Waals surface area contributed by atoms with Crippen LogP contribution in [0.1, 0.15) is 18.7 Å². The first kappa shape index (κ1) is 9.41. The molecule has 0 atom stereocenters. The molecule has 2 N–H and O–H groups in total. The number of hydrogen-bond donors (Lipinski definition) is 1. The van der Waals surface area contributed by atoms with Gasteiger partial charge in [0.25, 0.3) is 0 Å². The molecule has 1 aliphatic carbocycles. The number of tetrazole rings is 1. The Morgan fingerprint density at radius 2 is 2.25 bits per heavy atom. The molecule has 1 fully saturated rings. The number of aromatic nitrogens is 4. The predicted molar refractivity (Wildman–Crippen MR) is 46.0 cm³/mol. The molecule has 2 rings (SSSR count). The molecule has 6 heteroatoms. The molecule has 0 unspecified atom stereocenters. The van der Waals surface area contributed by atoms with Gasteiger partial charge in [-0.25, -0.2) is 4.68 Å². The monoisotopic (exact) mass is 189 g/mol. The molecule has 1 aromatic heterocycles. The van der Waals surface area contributed by atoms with Gasteiger partial charge in [-0.05, 0) is 23.3 Å². The lowest BCUT2D eigenvalue weighted by Gasteiger charge is -2.08. The van der Waals surface area contributed by atoms with Gasteiger partial charge in [-0.3, -0.25) is 0 Å². The Labute approximate surface area is 76.7 Å². The highest BCUT2D eigenvalue weighted by Gasteiger charge is 2.47. The van der Waals surface area contributed by atoms with Crippen molar-refractivity contribution in [3.63, 3.8) is 0 Å². The Bertz CT molecular complexity index is 267. The van der Waals surface area contributed by atoms with Gasteiger partial charge < -0.3 is 5.73 Å². The summed E-state index contributed by atoms with van der Waals surface area (Å²) in [5.41, 5.74) is 5.73. The van der Waals surface area contributed by atoms with Crippen LogP contribution in [0.2, 0.25) is 0 Å². The van der Waals surface area contributed by atoms with E-state index in [2.05, 4.69) is 15.5 Å². The van der Waals surface area contributed by atoms with Crippen LogP contribution in [0.4, 0.5) is 0 Å². The van der Waals surface area contributed by atoms with Gasteiger partial charge in [0.1, 0.15) is 0 Å². The lowest BCUT2D eigenvalue weighted by atomic mass is 10.1. The topological polar surface area (TPSA) is 69.6 Å². The smallest absolute Gasteiger partial charge is 0.158 e. The molecule has 0 amide bonds. The molecule has 1 aliphatic rings. The highest BCUT2D eigenvalue weighted by Crippen LogP contribution is 2.45. The third kappa shape index (κ3) is 1.19. The van der Waals surface area contributed by atoms with Gasteiger partial charge in [0.2, 0.25) is 0 Å². The predicted octanol–water partition coefficient (Wildman–Crippen LogP) is -0.378. The van der Waals surface area contributed by atoms with Gasteiger partial charge >= 0.3 is 0 Å². The van der Waals surface area contributed by atoms with Crippen molar-refractivity contribution in [3.8, 4) is 0 Å². The molecule has 0 aliphatic heterocycles. The number of halogens is 1. The summed E-state index contributed by atoms with van der Waals surface area (Å²) in [6, 6.07) is 0. The second-order valence-electron chi connectivity index (χ2n) is 3.11. The van der Waals surface area contributed by atoms with Gasteiger partial charge in [-0.1, -0.05) is 0 Å². The Kier molecular flexibility index (Phi) is 2.34. The Hall–Kier alpha value is -0.680. The minimum absolute atomic E-state index is 0. The van der Waals surface area contributed by atoms with Crippen LogP contribution in [0.3, 0.4) is 0 Å². The maximum absolute atomic E-state index is 5.62. The summed E-state index contributed by atoms with van der Waals surface area (Å²) in [7, 11) is 1.85. The van der Waals surface area contributed by atoms with E-state index < -0.39 is 0 Å². The van der Waals surface area contributed by atoms with Crippen molar-refractivity contribution < 1.29 is 0 Å². The average molecular weight is 190 g/mol. The maximum Gasteiger partial charge on any atom is 0.158 e. The van der Waals surface area contributed by atoms with Crippen molar-refractivity contribution in [3.05, 3.63) is 5.82 Å². The number of rotatable bonds is 2. The highest BCUT2D eigenvalue weighted by molar-refractivity contribution is 5.85. The van der Waals surface area contributed by atoms with E-state index in [1.165, 1.54) is 0 Å². The Morgan fingerprint density at radius 1 is 1.58 bits per heavy atom. The fourth-order valence-corrected chi connectivity index (χ4v) is 1.35. The van der Waals surface area contributed by atoms with Crippen molar-refractivity contribution in [2.45, 2.75) is 18.3 Å². The van der Waals surface area contributed by atoms with Crippen LogP contribution in [-0.4, -0.2) is 26.8 Å². The lowest BCUT2D eigenvalue weighted by molar-refractivity contribution is 0.584. The molecule has 0 bridgehead atoms. The van der Waals surface area contributed by atoms with Gasteiger partial charge in [-0.2, -0.15) is 0 Å². The first-order valence-electron chi connectivity index (χ1n) is 3.71. The molecule has 1 heterocycles. The zero-order valence-corrected chi connectivity index (χ0v) is 7.71. The second-order valence-corrected chi connectivity index (χ2v) is 3.11. The third-order valence-corrected chi connectivity index (χ3v) is 2.34. The molecule has 0 saturated heterocycles. The molecule has 1 aromatic rings. The van der Waals surface area contributed by atoms with Crippen molar-refractivity contribution in [1.29, 1.82) is 0 Å². The maximum atomic E-state index is 5.62. The van der Waals surface area contributed by atoms with Gasteiger partial charge in [0.15, 0.2) is 5.82 Å². The summed E-state index contributed by atoms with van der Waals surface area (Å²) in [6.45, 7) is 0.654. The van der Waals surface area contributed by atoms with E-state index in [-0.39, 0.29) is 17.8 Å². The van der Waals surface area contributed by atoms with Crippen molar-refractivity contribution in [2.75, 3.05) is 6.54 Å². The first-order chi connectivity index (χ1) is 5.28. The summed E-state index contributed by atoms with van der Waals surface area (Å²) in [5, 5.41) is 11.3. The molecule has 0 radical (unpaired) electrons. The van der Waals surface area contributed by atoms with E-state index in [1.54, 1.807) is 4.68 Å². The summed E-state index contributed by atoms with van der Waals surface area (Å²) in [6.07, 6.45) is 2.25. The molecule has 0 aromatic carbocycles. The normalized spacial score (nSPS) is 18.5. The number of nitrogens with zero attached hydrogens (tertiary/aromatic N) is 4. The van der Waals surface area contributed by atoms with Crippen LogP contribution in [0.15, 0.2) is 0 Å². The number of hydrogen-bond acceptors (Lipinski definition) is 4. The van der Waals surface area contributed by atoms with Crippen molar-refractivity contribution in [2.24, 2.45) is 12.8 Å². The highest BCUT2D eigenvalue weighted by atomic mass is 35.5. The summed E-state index contributed by atoms with van der Waals surface area (Å²) < 4.78 is 1.71. The second kappa shape index (κ2) is 2.99. The Morgan fingerprint density at radius 3 is 2.58 bits per heavy atom. The van der Waals surface area contributed by atoms with E-state index in [4.69, 9.17) is 5.73 Å². The quantitative estimate of drug-likeness (QED) is 0.689. The minimum atomic E-state index is 0. The van der Waals surface area contributed by atoms with Crippen LogP contribution in [0.5, 0.6) is 0 Å². The zero-order valence-electron chi connectivity index (χ0n) is 6.90.